The standard InChI is InChI=1S/C16H12FN3O3.C7H15NS/c17-10-5-15(22-13-1-2-13)16(18-8-10)23-14-3-4-20-12(7-14)6-11(9-21)19-20;1-7(8-2)3-5-9-6-4-7/h3-9,13H,1-2H2;8H,3-6H2,1-2H3. The van der Waals surface area contributed by atoms with Crippen molar-refractivity contribution in [2.75, 3.05) is 18.6 Å². The summed E-state index contributed by atoms with van der Waals surface area (Å²) >= 11 is 2.07. The maximum absolute atomic E-state index is 13.4. The number of nitrogens with one attached hydrogen (secondary N) is 1. The highest BCUT2D eigenvalue weighted by molar-refractivity contribution is 7.99. The molecule has 1 saturated heterocycles. The third-order valence-corrected chi connectivity index (χ3v) is 6.58. The molecule has 0 bridgehead atoms. The average Bonchev–Trinajstić information content (AvgIpc) is 3.52. The van der Waals surface area contributed by atoms with Crippen molar-refractivity contribution in [1.29, 1.82) is 0 Å². The number of aldehydes is 1. The van der Waals surface area contributed by atoms with Crippen molar-refractivity contribution in [2.45, 2.75) is 44.2 Å². The monoisotopic (exact) mass is 458 g/mol. The van der Waals surface area contributed by atoms with E-state index in [0.29, 0.717) is 28.8 Å². The van der Waals surface area contributed by atoms with E-state index in [0.717, 1.165) is 19.0 Å². The van der Waals surface area contributed by atoms with Crippen molar-refractivity contribution in [2.24, 2.45) is 0 Å². The van der Waals surface area contributed by atoms with Gasteiger partial charge in [0.2, 0.25) is 0 Å². The summed E-state index contributed by atoms with van der Waals surface area (Å²) in [7, 11) is 2.07. The zero-order valence-corrected chi connectivity index (χ0v) is 19.0. The normalized spacial score (nSPS) is 17.3. The fourth-order valence-electron chi connectivity index (χ4n) is 3.23. The Morgan fingerprint density at radius 1 is 1.28 bits per heavy atom. The summed E-state index contributed by atoms with van der Waals surface area (Å²) in [6.07, 6.45) is 8.09. The number of carbonyl (C=O) groups excluding carboxylic acids is 1. The van der Waals surface area contributed by atoms with Gasteiger partial charge in [0.05, 0.1) is 17.8 Å². The van der Waals surface area contributed by atoms with Crippen molar-refractivity contribution in [1.82, 2.24) is 19.9 Å². The summed E-state index contributed by atoms with van der Waals surface area (Å²) in [4.78, 5) is 14.7. The van der Waals surface area contributed by atoms with Crippen LogP contribution in [-0.2, 0) is 0 Å². The van der Waals surface area contributed by atoms with Crippen LogP contribution in [0.4, 0.5) is 4.39 Å². The van der Waals surface area contributed by atoms with Gasteiger partial charge in [-0.05, 0) is 63.3 Å². The molecule has 0 unspecified atom stereocenters. The molecule has 0 spiro atoms. The van der Waals surface area contributed by atoms with Gasteiger partial charge in [-0.1, -0.05) is 0 Å². The molecule has 1 aliphatic heterocycles. The van der Waals surface area contributed by atoms with Crippen LogP contribution < -0.4 is 14.8 Å². The lowest BCUT2D eigenvalue weighted by molar-refractivity contribution is 0.111. The maximum atomic E-state index is 13.4. The van der Waals surface area contributed by atoms with Crippen LogP contribution in [0.15, 0.2) is 36.7 Å². The Bertz CT molecular complexity index is 1080. The Labute approximate surface area is 190 Å². The molecular weight excluding hydrogens is 431 g/mol. The Kier molecular flexibility index (Phi) is 6.95. The highest BCUT2D eigenvalue weighted by Gasteiger charge is 2.26. The van der Waals surface area contributed by atoms with Crippen molar-refractivity contribution < 1.29 is 18.7 Å². The van der Waals surface area contributed by atoms with Gasteiger partial charge in [0, 0.05) is 23.9 Å². The molecule has 5 rings (SSSR count). The molecule has 1 saturated carbocycles. The Morgan fingerprint density at radius 3 is 2.72 bits per heavy atom. The summed E-state index contributed by atoms with van der Waals surface area (Å²) in [6, 6.07) is 6.30. The van der Waals surface area contributed by atoms with Gasteiger partial charge >= 0.3 is 0 Å². The molecule has 1 aliphatic carbocycles. The summed E-state index contributed by atoms with van der Waals surface area (Å²) in [5, 5.41) is 7.43. The molecule has 0 aromatic carbocycles. The first-order valence-corrected chi connectivity index (χ1v) is 11.8. The molecule has 0 radical (unpaired) electrons. The lowest BCUT2D eigenvalue weighted by Crippen LogP contribution is -2.42. The van der Waals surface area contributed by atoms with Gasteiger partial charge in [-0.3, -0.25) is 4.79 Å². The van der Waals surface area contributed by atoms with Crippen LogP contribution in [-0.4, -0.2) is 51.1 Å². The molecule has 3 aromatic heterocycles. The molecule has 7 nitrogen and oxygen atoms in total. The second kappa shape index (κ2) is 9.87. The second-order valence-corrected chi connectivity index (χ2v) is 9.44. The first kappa shape index (κ1) is 22.5. The Balaban J connectivity index is 0.000000230. The van der Waals surface area contributed by atoms with Gasteiger partial charge in [0.1, 0.15) is 17.3 Å². The third-order valence-electron chi connectivity index (χ3n) is 5.59. The second-order valence-electron chi connectivity index (χ2n) is 8.22. The molecule has 0 atom stereocenters. The Hall–Kier alpha value is -2.65. The third kappa shape index (κ3) is 5.77. The van der Waals surface area contributed by atoms with E-state index in [4.69, 9.17) is 9.47 Å². The number of aromatic nitrogens is 3. The van der Waals surface area contributed by atoms with E-state index in [1.54, 1.807) is 28.9 Å². The molecule has 1 N–H and O–H groups in total. The molecule has 170 valence electrons. The largest absolute Gasteiger partial charge is 0.485 e. The summed E-state index contributed by atoms with van der Waals surface area (Å²) in [5.74, 6) is 3.17. The first-order chi connectivity index (χ1) is 15.5. The lowest BCUT2D eigenvalue weighted by atomic mass is 9.95. The van der Waals surface area contributed by atoms with E-state index in [2.05, 4.69) is 41.1 Å². The highest BCUT2D eigenvalue weighted by atomic mass is 32.2. The fourth-order valence-corrected chi connectivity index (χ4v) is 4.63. The molecular formula is C23H27FN4O3S. The van der Waals surface area contributed by atoms with Crippen LogP contribution in [0.2, 0.25) is 0 Å². The predicted molar refractivity (Wildman–Crippen MR) is 123 cm³/mol. The van der Waals surface area contributed by atoms with Crippen LogP contribution in [0.25, 0.3) is 5.52 Å². The van der Waals surface area contributed by atoms with Crippen molar-refractivity contribution in [3.05, 3.63) is 48.2 Å². The minimum absolute atomic E-state index is 0.105. The maximum Gasteiger partial charge on any atom is 0.262 e. The quantitative estimate of drug-likeness (QED) is 0.545. The minimum Gasteiger partial charge on any atom is -0.485 e. The van der Waals surface area contributed by atoms with Gasteiger partial charge in [-0.2, -0.15) is 16.9 Å². The lowest BCUT2D eigenvalue weighted by Gasteiger charge is -2.32. The number of pyridine rings is 2. The van der Waals surface area contributed by atoms with E-state index in [1.807, 2.05) is 0 Å². The number of ether oxygens (including phenoxy) is 2. The van der Waals surface area contributed by atoms with Crippen LogP contribution >= 0.6 is 11.8 Å². The number of hydrogen-bond donors (Lipinski definition) is 1. The van der Waals surface area contributed by atoms with Gasteiger partial charge in [0.15, 0.2) is 12.0 Å². The molecule has 2 aliphatic rings. The van der Waals surface area contributed by atoms with Gasteiger partial charge in [0.25, 0.3) is 5.88 Å². The molecule has 3 aromatic rings. The van der Waals surface area contributed by atoms with E-state index in [1.165, 1.54) is 30.4 Å². The van der Waals surface area contributed by atoms with Gasteiger partial charge in [-0.25, -0.2) is 13.9 Å². The highest BCUT2D eigenvalue weighted by Crippen LogP contribution is 2.35. The first-order valence-electron chi connectivity index (χ1n) is 10.7. The van der Waals surface area contributed by atoms with Crippen LogP contribution in [0, 0.1) is 5.82 Å². The number of nitrogens with zero attached hydrogens (tertiary/aromatic N) is 3. The van der Waals surface area contributed by atoms with E-state index in [9.17, 15) is 9.18 Å². The van der Waals surface area contributed by atoms with E-state index >= 15 is 0 Å². The zero-order chi connectivity index (χ0) is 22.6. The number of halogens is 1. The number of hydrogen-bond acceptors (Lipinski definition) is 7. The smallest absolute Gasteiger partial charge is 0.262 e. The predicted octanol–water partition coefficient (Wildman–Crippen LogP) is 4.51. The molecule has 4 heterocycles. The van der Waals surface area contributed by atoms with Crippen LogP contribution in [0.1, 0.15) is 43.1 Å². The molecule has 9 heteroatoms. The SMILES string of the molecule is CNC1(C)CCSCC1.O=Cc1cc2cc(Oc3ncc(F)cc3OC3CC3)ccn2n1. The minimum atomic E-state index is -0.477. The number of rotatable bonds is 6. The van der Waals surface area contributed by atoms with Gasteiger partial charge in [-0.15, -0.1) is 0 Å². The summed E-state index contributed by atoms with van der Waals surface area (Å²) in [5.41, 5.74) is 1.49. The van der Waals surface area contributed by atoms with Crippen molar-refractivity contribution >= 4 is 23.6 Å². The average molecular weight is 459 g/mol. The van der Waals surface area contributed by atoms with Crippen molar-refractivity contribution in [3.63, 3.8) is 0 Å². The van der Waals surface area contributed by atoms with E-state index < -0.39 is 5.82 Å². The van der Waals surface area contributed by atoms with Crippen molar-refractivity contribution in [3.8, 4) is 17.4 Å². The molecule has 32 heavy (non-hydrogen) atoms. The fraction of sp³-hybridized carbons (Fsp3) is 0.435. The Morgan fingerprint density at radius 2 is 2.06 bits per heavy atom. The number of carbonyl (C=O) groups is 1. The number of thioether (sulfide) groups is 1. The van der Waals surface area contributed by atoms with Crippen LogP contribution in [0.5, 0.6) is 17.4 Å². The molecule has 0 amide bonds. The topological polar surface area (TPSA) is 77.8 Å². The van der Waals surface area contributed by atoms with E-state index in [-0.39, 0.29) is 17.7 Å². The van der Waals surface area contributed by atoms with Crippen LogP contribution in [0.3, 0.4) is 0 Å². The van der Waals surface area contributed by atoms with Gasteiger partial charge < -0.3 is 14.8 Å². The number of fused-ring (bicyclic) bond motifs is 1. The molecule has 2 fully saturated rings. The zero-order valence-electron chi connectivity index (χ0n) is 18.2. The summed E-state index contributed by atoms with van der Waals surface area (Å²) in [6.45, 7) is 2.31. The summed E-state index contributed by atoms with van der Waals surface area (Å²) < 4.78 is 26.3.